The van der Waals surface area contributed by atoms with Crippen LogP contribution < -0.4 is 0 Å². The van der Waals surface area contributed by atoms with Gasteiger partial charge in [-0.25, -0.2) is 9.97 Å². The van der Waals surface area contributed by atoms with E-state index in [4.69, 9.17) is 4.98 Å². The molecule has 130 valence electrons. The third-order valence-corrected chi connectivity index (χ3v) is 4.56. The summed E-state index contributed by atoms with van der Waals surface area (Å²) in [6.45, 7) is 3.82. The number of nitrogens with one attached hydrogen (secondary N) is 1. The maximum absolute atomic E-state index is 4.82. The number of H-pyrrole nitrogens is 1. The molecule has 0 bridgehead atoms. The van der Waals surface area contributed by atoms with Crippen molar-refractivity contribution in [2.45, 2.75) is 26.4 Å². The molecular formula is C19H19N7. The molecule has 0 aliphatic carbocycles. The predicted molar refractivity (Wildman–Crippen MR) is 99.9 cm³/mol. The zero-order valence-corrected chi connectivity index (χ0v) is 14.5. The Labute approximate surface area is 149 Å². The number of fused-ring (bicyclic) bond motifs is 2. The van der Waals surface area contributed by atoms with Gasteiger partial charge in [-0.1, -0.05) is 13.0 Å². The molecule has 7 heteroatoms. The minimum Gasteiger partial charge on any atom is -0.307 e. The monoisotopic (exact) mass is 345 g/mol. The first-order chi connectivity index (χ1) is 12.8. The molecule has 0 saturated carbocycles. The van der Waals surface area contributed by atoms with Gasteiger partial charge >= 0.3 is 0 Å². The van der Waals surface area contributed by atoms with E-state index in [0.29, 0.717) is 0 Å². The van der Waals surface area contributed by atoms with Crippen molar-refractivity contribution >= 4 is 16.8 Å². The molecule has 0 amide bonds. The number of imidazole rings is 1. The van der Waals surface area contributed by atoms with Crippen molar-refractivity contribution in [3.8, 4) is 11.3 Å². The lowest BCUT2D eigenvalue weighted by atomic mass is 10.2. The van der Waals surface area contributed by atoms with Crippen LogP contribution in [0.25, 0.3) is 28.1 Å². The lowest BCUT2D eigenvalue weighted by Gasteiger charge is -2.16. The smallest absolute Gasteiger partial charge is 0.173 e. The molecule has 0 spiro atoms. The molecule has 5 aromatic heterocycles. The summed E-state index contributed by atoms with van der Waals surface area (Å²) in [5.41, 5.74) is 6.16. The van der Waals surface area contributed by atoms with E-state index < -0.39 is 0 Å². The first kappa shape index (κ1) is 14.9. The molecule has 0 fully saturated rings. The molecule has 7 nitrogen and oxygen atoms in total. The van der Waals surface area contributed by atoms with Crippen LogP contribution in [0.2, 0.25) is 0 Å². The summed E-state index contributed by atoms with van der Waals surface area (Å²) in [4.78, 5) is 9.11. The molecule has 0 aliphatic rings. The molecule has 5 heterocycles. The minimum atomic E-state index is 0.743. The molecule has 26 heavy (non-hydrogen) atoms. The number of pyridine rings is 2. The van der Waals surface area contributed by atoms with E-state index in [1.165, 1.54) is 5.56 Å². The average molecular weight is 345 g/mol. The van der Waals surface area contributed by atoms with E-state index in [1.54, 1.807) is 0 Å². The van der Waals surface area contributed by atoms with E-state index in [-0.39, 0.29) is 0 Å². The molecule has 0 radical (unpaired) electrons. The van der Waals surface area contributed by atoms with Crippen molar-refractivity contribution in [1.29, 1.82) is 0 Å². The Kier molecular flexibility index (Phi) is 3.38. The van der Waals surface area contributed by atoms with Crippen LogP contribution in [0.1, 0.15) is 18.9 Å². The number of aromatic nitrogens is 7. The Morgan fingerprint density at radius 3 is 3.00 bits per heavy atom. The maximum Gasteiger partial charge on any atom is 0.173 e. The summed E-state index contributed by atoms with van der Waals surface area (Å²) in [5.74, 6) is 0. The fraction of sp³-hybridized carbons (Fsp3) is 0.211. The Bertz CT molecular complexity index is 1190. The molecule has 5 rings (SSSR count). The highest BCUT2D eigenvalue weighted by molar-refractivity contribution is 5.76. The van der Waals surface area contributed by atoms with Crippen molar-refractivity contribution < 1.29 is 0 Å². The van der Waals surface area contributed by atoms with Gasteiger partial charge in [-0.15, -0.1) is 0 Å². The van der Waals surface area contributed by atoms with Gasteiger partial charge in [0.25, 0.3) is 0 Å². The largest absolute Gasteiger partial charge is 0.307 e. The maximum atomic E-state index is 4.82. The van der Waals surface area contributed by atoms with Crippen LogP contribution in [0.3, 0.4) is 0 Å². The first-order valence-electron chi connectivity index (χ1n) is 8.80. The van der Waals surface area contributed by atoms with Gasteiger partial charge in [0.1, 0.15) is 5.65 Å². The Morgan fingerprint density at radius 1 is 1.12 bits per heavy atom. The second kappa shape index (κ2) is 5.87. The number of hydrogen-bond donors (Lipinski definition) is 1. The minimum absolute atomic E-state index is 0.743. The summed E-state index contributed by atoms with van der Waals surface area (Å²) in [7, 11) is 0. The lowest BCUT2D eigenvalue weighted by molar-refractivity contribution is 0.603. The zero-order valence-electron chi connectivity index (χ0n) is 14.5. The van der Waals surface area contributed by atoms with Crippen molar-refractivity contribution in [3.05, 3.63) is 60.8 Å². The van der Waals surface area contributed by atoms with Crippen molar-refractivity contribution in [3.63, 3.8) is 0 Å². The van der Waals surface area contributed by atoms with Crippen molar-refractivity contribution in [2.24, 2.45) is 0 Å². The van der Waals surface area contributed by atoms with Gasteiger partial charge in [0.05, 0.1) is 24.0 Å². The molecule has 5 aromatic rings. The van der Waals surface area contributed by atoms with Gasteiger partial charge in [0, 0.05) is 36.9 Å². The predicted octanol–water partition coefficient (Wildman–Crippen LogP) is 3.33. The summed E-state index contributed by atoms with van der Waals surface area (Å²) in [5, 5.41) is 7.74. The zero-order chi connectivity index (χ0) is 17.5. The van der Waals surface area contributed by atoms with Crippen molar-refractivity contribution in [2.75, 3.05) is 0 Å². The van der Waals surface area contributed by atoms with Crippen LogP contribution in [-0.4, -0.2) is 33.9 Å². The SMILES string of the molecule is CCCn1cc(-c2ccc3[nH]n(Cc4ccc5nccn5c4)c3n2)cn1. The van der Waals surface area contributed by atoms with Gasteiger partial charge in [-0.05, 0) is 30.2 Å². The van der Waals surface area contributed by atoms with Crippen LogP contribution >= 0.6 is 0 Å². The normalized spacial score (nSPS) is 11.7. The molecule has 1 N–H and O–H groups in total. The molecule has 0 aromatic carbocycles. The third kappa shape index (κ3) is 2.48. The number of hydrogen-bond acceptors (Lipinski definition) is 3. The van der Waals surface area contributed by atoms with Crippen molar-refractivity contribution in [1.82, 2.24) is 33.9 Å². The standard InChI is InChI=1S/C19H19N7/c1-2-8-25-13-15(10-21-25)16-4-5-17-19(22-16)26(23-17)12-14-3-6-18-20-7-9-24(18)11-14/h3-7,9-11,13,23H,2,8,12H2,1H3. The highest BCUT2D eigenvalue weighted by atomic mass is 15.3. The average Bonchev–Trinajstić information content (AvgIpc) is 3.29. The molecule has 0 aliphatic heterocycles. The molecule has 0 saturated heterocycles. The van der Waals surface area contributed by atoms with Gasteiger partial charge in [-0.3, -0.25) is 14.5 Å². The highest BCUT2D eigenvalue weighted by Gasteiger charge is 2.11. The Hall–Kier alpha value is -3.35. The fourth-order valence-electron chi connectivity index (χ4n) is 3.25. The van der Waals surface area contributed by atoms with E-state index in [2.05, 4.69) is 51.3 Å². The second-order valence-corrected chi connectivity index (χ2v) is 6.49. The summed E-state index contributed by atoms with van der Waals surface area (Å²) < 4.78 is 6.06. The quantitative estimate of drug-likeness (QED) is 0.531. The molecular weight excluding hydrogens is 326 g/mol. The van der Waals surface area contributed by atoms with Gasteiger partial charge in [-0.2, -0.15) is 5.10 Å². The lowest BCUT2D eigenvalue weighted by Crippen LogP contribution is -2.13. The van der Waals surface area contributed by atoms with Gasteiger partial charge in [0.15, 0.2) is 5.65 Å². The van der Waals surface area contributed by atoms with E-state index in [9.17, 15) is 0 Å². The van der Waals surface area contributed by atoms with Crippen LogP contribution in [-0.2, 0) is 13.1 Å². The van der Waals surface area contributed by atoms with Gasteiger partial charge < -0.3 is 4.40 Å². The summed E-state index contributed by atoms with van der Waals surface area (Å²) in [6, 6.07) is 8.24. The van der Waals surface area contributed by atoms with E-state index in [1.807, 2.05) is 39.8 Å². The van der Waals surface area contributed by atoms with Crippen LogP contribution in [0.15, 0.2) is 55.2 Å². The van der Waals surface area contributed by atoms with E-state index in [0.717, 1.165) is 47.6 Å². The second-order valence-electron chi connectivity index (χ2n) is 6.49. The molecule has 0 unspecified atom stereocenters. The number of nitrogens with zero attached hydrogens (tertiary/aromatic N) is 6. The highest BCUT2D eigenvalue weighted by Crippen LogP contribution is 2.22. The van der Waals surface area contributed by atoms with Gasteiger partial charge in [0.2, 0.25) is 0 Å². The first-order valence-corrected chi connectivity index (χ1v) is 8.80. The Balaban J connectivity index is 1.45. The summed E-state index contributed by atoms with van der Waals surface area (Å²) >= 11 is 0. The fourth-order valence-corrected chi connectivity index (χ4v) is 3.25. The van der Waals surface area contributed by atoms with Crippen LogP contribution in [0.5, 0.6) is 0 Å². The third-order valence-electron chi connectivity index (χ3n) is 4.56. The van der Waals surface area contributed by atoms with Crippen LogP contribution in [0, 0.1) is 0 Å². The topological polar surface area (TPSA) is 68.7 Å². The number of rotatable bonds is 5. The molecule has 0 atom stereocenters. The van der Waals surface area contributed by atoms with Crippen LogP contribution in [0.4, 0.5) is 0 Å². The number of aromatic amines is 1. The van der Waals surface area contributed by atoms with E-state index >= 15 is 0 Å². The summed E-state index contributed by atoms with van der Waals surface area (Å²) in [6.07, 6.45) is 10.9. The number of aryl methyl sites for hydroxylation is 1. The Morgan fingerprint density at radius 2 is 2.08 bits per heavy atom.